The van der Waals surface area contributed by atoms with Gasteiger partial charge < -0.3 is 10.1 Å². The molecular formula is C15H15ClN2O2. The van der Waals surface area contributed by atoms with E-state index >= 15 is 0 Å². The van der Waals surface area contributed by atoms with Gasteiger partial charge in [0, 0.05) is 23.9 Å². The van der Waals surface area contributed by atoms with E-state index in [2.05, 4.69) is 10.3 Å². The monoisotopic (exact) mass is 290 g/mol. The zero-order valence-electron chi connectivity index (χ0n) is 11.1. The summed E-state index contributed by atoms with van der Waals surface area (Å²) in [5.74, 6) is 0.590. The molecule has 20 heavy (non-hydrogen) atoms. The Bertz CT molecular complexity index is 585. The standard InChI is InChI=1S/C15H15ClN2O2/c1-2-17-15(19)11-5-7-13(8-6-11)20-10-12-4-3-9-18-14(12)16/h3-9H,2,10H2,1H3,(H,17,19). The summed E-state index contributed by atoms with van der Waals surface area (Å²) in [6.07, 6.45) is 1.63. The maximum atomic E-state index is 11.6. The molecule has 0 atom stereocenters. The second-order valence-electron chi connectivity index (χ2n) is 4.13. The van der Waals surface area contributed by atoms with E-state index in [9.17, 15) is 4.79 Å². The SMILES string of the molecule is CCNC(=O)c1ccc(OCc2cccnc2Cl)cc1. The molecule has 0 saturated heterocycles. The van der Waals surface area contributed by atoms with Crippen LogP contribution in [0.1, 0.15) is 22.8 Å². The predicted octanol–water partition coefficient (Wildman–Crippen LogP) is 3.06. The van der Waals surface area contributed by atoms with Gasteiger partial charge >= 0.3 is 0 Å². The molecule has 0 aliphatic rings. The van der Waals surface area contributed by atoms with Gasteiger partial charge in [-0.2, -0.15) is 0 Å². The Labute approximate surface area is 122 Å². The van der Waals surface area contributed by atoms with E-state index in [1.165, 1.54) is 0 Å². The summed E-state index contributed by atoms with van der Waals surface area (Å²) in [4.78, 5) is 15.6. The first-order chi connectivity index (χ1) is 9.70. The van der Waals surface area contributed by atoms with Gasteiger partial charge in [-0.25, -0.2) is 4.98 Å². The van der Waals surface area contributed by atoms with E-state index in [4.69, 9.17) is 16.3 Å². The fraction of sp³-hybridized carbons (Fsp3) is 0.200. The van der Waals surface area contributed by atoms with Crippen molar-refractivity contribution in [3.63, 3.8) is 0 Å². The Morgan fingerprint density at radius 1 is 1.30 bits per heavy atom. The molecule has 1 amide bonds. The second-order valence-corrected chi connectivity index (χ2v) is 4.48. The number of ether oxygens (including phenoxy) is 1. The number of carbonyl (C=O) groups is 1. The molecule has 0 radical (unpaired) electrons. The lowest BCUT2D eigenvalue weighted by Crippen LogP contribution is -2.22. The average Bonchev–Trinajstić information content (AvgIpc) is 2.47. The summed E-state index contributed by atoms with van der Waals surface area (Å²) in [6, 6.07) is 10.6. The Kier molecular flexibility index (Phi) is 4.96. The first-order valence-electron chi connectivity index (χ1n) is 6.31. The van der Waals surface area contributed by atoms with Crippen LogP contribution in [0.15, 0.2) is 42.6 Å². The maximum absolute atomic E-state index is 11.6. The van der Waals surface area contributed by atoms with E-state index in [-0.39, 0.29) is 5.91 Å². The van der Waals surface area contributed by atoms with Crippen molar-refractivity contribution in [2.75, 3.05) is 6.54 Å². The number of amides is 1. The van der Waals surface area contributed by atoms with Crippen LogP contribution >= 0.6 is 11.6 Å². The van der Waals surface area contributed by atoms with Crippen molar-refractivity contribution >= 4 is 17.5 Å². The van der Waals surface area contributed by atoms with Crippen molar-refractivity contribution in [1.29, 1.82) is 0 Å². The molecule has 0 fully saturated rings. The molecule has 4 nitrogen and oxygen atoms in total. The highest BCUT2D eigenvalue weighted by atomic mass is 35.5. The first kappa shape index (κ1) is 14.3. The molecule has 1 heterocycles. The minimum atomic E-state index is -0.0886. The Morgan fingerprint density at radius 3 is 2.70 bits per heavy atom. The zero-order chi connectivity index (χ0) is 14.4. The highest BCUT2D eigenvalue weighted by molar-refractivity contribution is 6.30. The molecule has 5 heteroatoms. The molecule has 1 N–H and O–H groups in total. The molecule has 0 aliphatic heterocycles. The highest BCUT2D eigenvalue weighted by Crippen LogP contribution is 2.17. The Morgan fingerprint density at radius 2 is 2.05 bits per heavy atom. The molecule has 2 aromatic rings. The van der Waals surface area contributed by atoms with Gasteiger partial charge in [-0.05, 0) is 37.3 Å². The average molecular weight is 291 g/mol. The van der Waals surface area contributed by atoms with E-state index in [0.29, 0.717) is 29.6 Å². The number of pyridine rings is 1. The first-order valence-corrected chi connectivity index (χ1v) is 6.69. The lowest BCUT2D eigenvalue weighted by molar-refractivity contribution is 0.0956. The molecule has 0 aliphatic carbocycles. The second kappa shape index (κ2) is 6.91. The van der Waals surface area contributed by atoms with Crippen molar-refractivity contribution in [2.24, 2.45) is 0 Å². The minimum Gasteiger partial charge on any atom is -0.489 e. The van der Waals surface area contributed by atoms with Gasteiger partial charge in [-0.1, -0.05) is 17.7 Å². The van der Waals surface area contributed by atoms with Crippen molar-refractivity contribution in [1.82, 2.24) is 10.3 Å². The van der Waals surface area contributed by atoms with Crippen LogP contribution in [0.3, 0.4) is 0 Å². The van der Waals surface area contributed by atoms with E-state index in [1.54, 1.807) is 30.5 Å². The summed E-state index contributed by atoms with van der Waals surface area (Å²) in [6.45, 7) is 2.83. The third-order valence-electron chi connectivity index (χ3n) is 2.68. The summed E-state index contributed by atoms with van der Waals surface area (Å²) >= 11 is 5.95. The number of hydrogen-bond acceptors (Lipinski definition) is 3. The number of benzene rings is 1. The van der Waals surface area contributed by atoms with Crippen LogP contribution in [0.5, 0.6) is 5.75 Å². The third-order valence-corrected chi connectivity index (χ3v) is 3.02. The maximum Gasteiger partial charge on any atom is 0.251 e. The number of rotatable bonds is 5. The highest BCUT2D eigenvalue weighted by Gasteiger charge is 2.05. The quantitative estimate of drug-likeness (QED) is 0.861. The summed E-state index contributed by atoms with van der Waals surface area (Å²) < 4.78 is 5.61. The molecular weight excluding hydrogens is 276 g/mol. The Hall–Kier alpha value is -2.07. The van der Waals surface area contributed by atoms with E-state index in [1.807, 2.05) is 19.1 Å². The van der Waals surface area contributed by atoms with Crippen molar-refractivity contribution in [2.45, 2.75) is 13.5 Å². The topological polar surface area (TPSA) is 51.2 Å². The van der Waals surface area contributed by atoms with Gasteiger partial charge in [0.1, 0.15) is 17.5 Å². The predicted molar refractivity (Wildman–Crippen MR) is 78.0 cm³/mol. The van der Waals surface area contributed by atoms with Gasteiger partial charge in [-0.15, -0.1) is 0 Å². The third kappa shape index (κ3) is 3.71. The fourth-order valence-electron chi connectivity index (χ4n) is 1.65. The smallest absolute Gasteiger partial charge is 0.251 e. The molecule has 0 spiro atoms. The Balaban J connectivity index is 1.98. The van der Waals surface area contributed by atoms with Gasteiger partial charge in [0.05, 0.1) is 0 Å². The van der Waals surface area contributed by atoms with Crippen LogP contribution in [0.4, 0.5) is 0 Å². The van der Waals surface area contributed by atoms with Crippen molar-refractivity contribution in [3.8, 4) is 5.75 Å². The number of aromatic nitrogens is 1. The number of nitrogens with zero attached hydrogens (tertiary/aromatic N) is 1. The molecule has 2 rings (SSSR count). The molecule has 0 unspecified atom stereocenters. The van der Waals surface area contributed by atoms with Crippen LogP contribution in [-0.4, -0.2) is 17.4 Å². The lowest BCUT2D eigenvalue weighted by atomic mass is 10.2. The number of halogens is 1. The number of hydrogen-bond donors (Lipinski definition) is 1. The number of nitrogens with one attached hydrogen (secondary N) is 1. The zero-order valence-corrected chi connectivity index (χ0v) is 11.9. The van der Waals surface area contributed by atoms with Gasteiger partial charge in [-0.3, -0.25) is 4.79 Å². The van der Waals surface area contributed by atoms with E-state index < -0.39 is 0 Å². The summed E-state index contributed by atoms with van der Waals surface area (Å²) in [5, 5.41) is 3.18. The van der Waals surface area contributed by atoms with Crippen LogP contribution in [0.25, 0.3) is 0 Å². The van der Waals surface area contributed by atoms with Crippen LogP contribution in [0.2, 0.25) is 5.15 Å². The fourth-order valence-corrected chi connectivity index (χ4v) is 1.83. The summed E-state index contributed by atoms with van der Waals surface area (Å²) in [5.41, 5.74) is 1.43. The van der Waals surface area contributed by atoms with E-state index in [0.717, 1.165) is 5.56 Å². The molecule has 1 aromatic carbocycles. The van der Waals surface area contributed by atoms with Gasteiger partial charge in [0.2, 0.25) is 0 Å². The normalized spacial score (nSPS) is 10.1. The van der Waals surface area contributed by atoms with Crippen LogP contribution < -0.4 is 10.1 Å². The largest absolute Gasteiger partial charge is 0.489 e. The molecule has 0 saturated carbocycles. The van der Waals surface area contributed by atoms with Gasteiger partial charge in [0.15, 0.2) is 0 Å². The number of carbonyl (C=O) groups excluding carboxylic acids is 1. The summed E-state index contributed by atoms with van der Waals surface area (Å²) in [7, 11) is 0. The minimum absolute atomic E-state index is 0.0886. The van der Waals surface area contributed by atoms with Crippen molar-refractivity contribution < 1.29 is 9.53 Å². The lowest BCUT2D eigenvalue weighted by Gasteiger charge is -2.08. The molecule has 0 bridgehead atoms. The molecule has 1 aromatic heterocycles. The van der Waals surface area contributed by atoms with Crippen molar-refractivity contribution in [3.05, 3.63) is 58.9 Å². The van der Waals surface area contributed by atoms with Gasteiger partial charge in [0.25, 0.3) is 5.91 Å². The molecule has 104 valence electrons. The van der Waals surface area contributed by atoms with Crippen LogP contribution in [-0.2, 0) is 6.61 Å². The van der Waals surface area contributed by atoms with Crippen LogP contribution in [0, 0.1) is 0 Å².